The summed E-state index contributed by atoms with van der Waals surface area (Å²) in [6, 6.07) is 16.4. The quantitative estimate of drug-likeness (QED) is 0.667. The molecule has 2 rings (SSSR count). The zero-order valence-corrected chi connectivity index (χ0v) is 13.8. The van der Waals surface area contributed by atoms with Crippen molar-refractivity contribution in [3.8, 4) is 0 Å². The predicted molar refractivity (Wildman–Crippen MR) is 94.2 cm³/mol. The smallest absolute Gasteiger partial charge is 0.0681 e. The van der Waals surface area contributed by atoms with E-state index in [1.165, 1.54) is 16.7 Å². The van der Waals surface area contributed by atoms with E-state index in [0.29, 0.717) is 6.54 Å². The van der Waals surface area contributed by atoms with E-state index >= 15 is 0 Å². The Balaban J connectivity index is 1.69. The number of rotatable bonds is 9. The molecular formula is C20H27NO2. The molecule has 0 aliphatic carbocycles. The van der Waals surface area contributed by atoms with Crippen molar-refractivity contribution in [3.63, 3.8) is 0 Å². The number of aryl methyl sites for hydroxylation is 2. The summed E-state index contributed by atoms with van der Waals surface area (Å²) in [7, 11) is 0. The first-order valence-electron chi connectivity index (χ1n) is 8.36. The lowest BCUT2D eigenvalue weighted by molar-refractivity contribution is 0.161. The topological polar surface area (TPSA) is 52.5 Å². The van der Waals surface area contributed by atoms with Gasteiger partial charge in [0.2, 0.25) is 0 Å². The second-order valence-electron chi connectivity index (χ2n) is 5.97. The van der Waals surface area contributed by atoms with Gasteiger partial charge in [0.25, 0.3) is 0 Å². The molecule has 0 saturated heterocycles. The molecule has 0 aliphatic rings. The third kappa shape index (κ3) is 6.14. The van der Waals surface area contributed by atoms with Crippen molar-refractivity contribution in [1.82, 2.24) is 5.32 Å². The Morgan fingerprint density at radius 1 is 0.957 bits per heavy atom. The van der Waals surface area contributed by atoms with Gasteiger partial charge >= 0.3 is 0 Å². The van der Waals surface area contributed by atoms with Crippen LogP contribution in [0.1, 0.15) is 35.6 Å². The zero-order chi connectivity index (χ0) is 16.5. The number of aliphatic hydroxyl groups is 2. The standard InChI is InChI=1S/C20H27NO2/c1-2-16-4-3-5-19(12-16)13-21-14-20(23)11-10-17-6-8-18(15-22)9-7-17/h3-9,12,20-23H,2,10-11,13-15H2,1H3. The van der Waals surface area contributed by atoms with Crippen molar-refractivity contribution in [2.24, 2.45) is 0 Å². The molecule has 1 unspecified atom stereocenters. The highest BCUT2D eigenvalue weighted by atomic mass is 16.3. The zero-order valence-electron chi connectivity index (χ0n) is 13.8. The van der Waals surface area contributed by atoms with Crippen LogP contribution in [0.15, 0.2) is 48.5 Å². The summed E-state index contributed by atoms with van der Waals surface area (Å²) < 4.78 is 0. The average molecular weight is 313 g/mol. The number of hydrogen-bond acceptors (Lipinski definition) is 3. The Kier molecular flexibility index (Phi) is 7.27. The van der Waals surface area contributed by atoms with Crippen LogP contribution < -0.4 is 5.32 Å². The van der Waals surface area contributed by atoms with E-state index in [0.717, 1.165) is 31.4 Å². The van der Waals surface area contributed by atoms with Gasteiger partial charge < -0.3 is 15.5 Å². The molecule has 23 heavy (non-hydrogen) atoms. The molecule has 0 saturated carbocycles. The van der Waals surface area contributed by atoms with Crippen molar-refractivity contribution in [1.29, 1.82) is 0 Å². The molecule has 0 bridgehead atoms. The van der Waals surface area contributed by atoms with Crippen LogP contribution in [0.3, 0.4) is 0 Å². The Morgan fingerprint density at radius 2 is 1.65 bits per heavy atom. The first-order chi connectivity index (χ1) is 11.2. The Hall–Kier alpha value is -1.68. The molecule has 3 N–H and O–H groups in total. The number of benzene rings is 2. The summed E-state index contributed by atoms with van der Waals surface area (Å²) in [5, 5.41) is 22.4. The van der Waals surface area contributed by atoms with E-state index in [4.69, 9.17) is 5.11 Å². The Morgan fingerprint density at radius 3 is 2.35 bits per heavy atom. The highest BCUT2D eigenvalue weighted by Crippen LogP contribution is 2.09. The van der Waals surface area contributed by atoms with Gasteiger partial charge in [-0.3, -0.25) is 0 Å². The van der Waals surface area contributed by atoms with Gasteiger partial charge in [-0.15, -0.1) is 0 Å². The van der Waals surface area contributed by atoms with Gasteiger partial charge in [0.1, 0.15) is 0 Å². The molecule has 2 aromatic rings. The fraction of sp³-hybridized carbons (Fsp3) is 0.400. The maximum atomic E-state index is 10.1. The van der Waals surface area contributed by atoms with E-state index in [1.54, 1.807) is 0 Å². The Bertz CT molecular complexity index is 580. The second kappa shape index (κ2) is 9.46. The first-order valence-corrected chi connectivity index (χ1v) is 8.36. The molecule has 0 aromatic heterocycles. The van der Waals surface area contributed by atoms with Gasteiger partial charge in [-0.05, 0) is 41.5 Å². The van der Waals surface area contributed by atoms with Gasteiger partial charge in [0.15, 0.2) is 0 Å². The van der Waals surface area contributed by atoms with Gasteiger partial charge in [0, 0.05) is 13.1 Å². The summed E-state index contributed by atoms with van der Waals surface area (Å²) in [5.74, 6) is 0. The third-order valence-corrected chi connectivity index (χ3v) is 4.08. The van der Waals surface area contributed by atoms with Crippen LogP contribution in [0.2, 0.25) is 0 Å². The monoisotopic (exact) mass is 313 g/mol. The van der Waals surface area contributed by atoms with Gasteiger partial charge in [-0.1, -0.05) is 55.5 Å². The third-order valence-electron chi connectivity index (χ3n) is 4.08. The lowest BCUT2D eigenvalue weighted by atomic mass is 10.0. The molecule has 0 fully saturated rings. The van der Waals surface area contributed by atoms with Crippen LogP contribution >= 0.6 is 0 Å². The highest BCUT2D eigenvalue weighted by Gasteiger charge is 2.05. The van der Waals surface area contributed by atoms with E-state index in [9.17, 15) is 5.11 Å². The lowest BCUT2D eigenvalue weighted by Gasteiger charge is -2.12. The molecule has 124 valence electrons. The Labute approximate surface area is 139 Å². The fourth-order valence-electron chi connectivity index (χ4n) is 2.59. The highest BCUT2D eigenvalue weighted by molar-refractivity contribution is 5.23. The maximum absolute atomic E-state index is 10.1. The van der Waals surface area contributed by atoms with E-state index < -0.39 is 0 Å². The summed E-state index contributed by atoms with van der Waals surface area (Å²) >= 11 is 0. The summed E-state index contributed by atoms with van der Waals surface area (Å²) in [5.41, 5.74) is 4.72. The molecule has 0 radical (unpaired) electrons. The van der Waals surface area contributed by atoms with Gasteiger partial charge in [-0.25, -0.2) is 0 Å². The molecule has 2 aromatic carbocycles. The summed E-state index contributed by atoms with van der Waals surface area (Å²) in [6.45, 7) is 3.62. The van der Waals surface area contributed by atoms with E-state index in [2.05, 4.69) is 36.5 Å². The van der Waals surface area contributed by atoms with Crippen molar-refractivity contribution in [2.45, 2.75) is 45.4 Å². The van der Waals surface area contributed by atoms with Crippen LogP contribution in [0.25, 0.3) is 0 Å². The van der Waals surface area contributed by atoms with E-state index in [-0.39, 0.29) is 12.7 Å². The largest absolute Gasteiger partial charge is 0.392 e. The predicted octanol–water partition coefficient (Wildman–Crippen LogP) is 2.82. The van der Waals surface area contributed by atoms with Gasteiger partial charge in [-0.2, -0.15) is 0 Å². The van der Waals surface area contributed by atoms with Gasteiger partial charge in [0.05, 0.1) is 12.7 Å². The molecule has 0 amide bonds. The number of nitrogens with one attached hydrogen (secondary N) is 1. The van der Waals surface area contributed by atoms with Crippen LogP contribution in [0.5, 0.6) is 0 Å². The molecule has 0 spiro atoms. The van der Waals surface area contributed by atoms with Crippen LogP contribution in [-0.4, -0.2) is 22.9 Å². The number of aliphatic hydroxyl groups excluding tert-OH is 2. The minimum Gasteiger partial charge on any atom is -0.392 e. The second-order valence-corrected chi connectivity index (χ2v) is 5.97. The van der Waals surface area contributed by atoms with Crippen molar-refractivity contribution >= 4 is 0 Å². The minimum absolute atomic E-state index is 0.0755. The summed E-state index contributed by atoms with van der Waals surface area (Å²) in [6.07, 6.45) is 2.29. The van der Waals surface area contributed by atoms with Crippen molar-refractivity contribution in [2.75, 3.05) is 6.54 Å². The lowest BCUT2D eigenvalue weighted by Crippen LogP contribution is -2.26. The summed E-state index contributed by atoms with van der Waals surface area (Å²) in [4.78, 5) is 0. The van der Waals surface area contributed by atoms with Crippen LogP contribution in [0, 0.1) is 0 Å². The molecule has 0 heterocycles. The molecular weight excluding hydrogens is 286 g/mol. The fourth-order valence-corrected chi connectivity index (χ4v) is 2.59. The first kappa shape index (κ1) is 17.7. The van der Waals surface area contributed by atoms with Crippen molar-refractivity contribution < 1.29 is 10.2 Å². The van der Waals surface area contributed by atoms with Crippen molar-refractivity contribution in [3.05, 3.63) is 70.8 Å². The molecule has 1 atom stereocenters. The molecule has 3 heteroatoms. The van der Waals surface area contributed by atoms with Crippen LogP contribution in [-0.2, 0) is 26.0 Å². The average Bonchev–Trinajstić information content (AvgIpc) is 2.60. The molecule has 3 nitrogen and oxygen atoms in total. The number of hydrogen-bond donors (Lipinski definition) is 3. The van der Waals surface area contributed by atoms with Crippen LogP contribution in [0.4, 0.5) is 0 Å². The SMILES string of the molecule is CCc1cccc(CNCC(O)CCc2ccc(CO)cc2)c1. The van der Waals surface area contributed by atoms with E-state index in [1.807, 2.05) is 24.3 Å². The normalized spacial score (nSPS) is 12.3. The minimum atomic E-state index is -0.345. The maximum Gasteiger partial charge on any atom is 0.0681 e. The molecule has 0 aliphatic heterocycles.